The third-order valence-corrected chi connectivity index (χ3v) is 4.94. The Balaban J connectivity index is 1.75. The van der Waals surface area contributed by atoms with Gasteiger partial charge in [0.2, 0.25) is 0 Å². The molecule has 0 radical (unpaired) electrons. The second kappa shape index (κ2) is 6.94. The van der Waals surface area contributed by atoms with E-state index in [2.05, 4.69) is 9.82 Å². The molecule has 0 unspecified atom stereocenters. The Labute approximate surface area is 144 Å². The molecule has 2 aromatic carbocycles. The molecule has 0 bridgehead atoms. The van der Waals surface area contributed by atoms with E-state index in [9.17, 15) is 12.8 Å². The predicted octanol–water partition coefficient (Wildman–Crippen LogP) is 2.88. The fourth-order valence-corrected chi connectivity index (χ4v) is 3.30. The number of benzene rings is 2. The summed E-state index contributed by atoms with van der Waals surface area (Å²) < 4.78 is 47.3. The lowest BCUT2D eigenvalue weighted by Gasteiger charge is -2.07. The average Bonchev–Trinajstić information content (AvgIpc) is 3.03. The van der Waals surface area contributed by atoms with Gasteiger partial charge < -0.3 is 4.74 Å². The van der Waals surface area contributed by atoms with Gasteiger partial charge in [0.15, 0.2) is 0 Å². The molecule has 8 heteroatoms. The summed E-state index contributed by atoms with van der Waals surface area (Å²) in [4.78, 5) is 0.107. The van der Waals surface area contributed by atoms with Crippen LogP contribution in [0.5, 0.6) is 5.75 Å². The summed E-state index contributed by atoms with van der Waals surface area (Å²) in [6.45, 7) is 0.205. The normalized spacial score (nSPS) is 11.3. The van der Waals surface area contributed by atoms with Crippen molar-refractivity contribution in [3.05, 3.63) is 72.3 Å². The number of aromatic nitrogens is 2. The molecule has 25 heavy (non-hydrogen) atoms. The summed E-state index contributed by atoms with van der Waals surface area (Å²) in [5.74, 6) is 0.232. The Morgan fingerprint density at radius 1 is 1.16 bits per heavy atom. The van der Waals surface area contributed by atoms with E-state index in [0.717, 1.165) is 0 Å². The van der Waals surface area contributed by atoms with Crippen LogP contribution in [0.4, 0.5) is 10.1 Å². The summed E-state index contributed by atoms with van der Waals surface area (Å²) in [6, 6.07) is 12.4. The smallest absolute Gasteiger partial charge is 0.261 e. The number of hydrogen-bond donors (Lipinski definition) is 1. The van der Waals surface area contributed by atoms with Gasteiger partial charge in [0.05, 0.1) is 30.4 Å². The number of nitrogens with one attached hydrogen (secondary N) is 1. The molecule has 0 spiro atoms. The van der Waals surface area contributed by atoms with Crippen LogP contribution in [-0.2, 0) is 16.6 Å². The van der Waals surface area contributed by atoms with Crippen LogP contribution in [0.3, 0.4) is 0 Å². The van der Waals surface area contributed by atoms with Gasteiger partial charge >= 0.3 is 0 Å². The number of ether oxygens (including phenoxy) is 1. The van der Waals surface area contributed by atoms with Crippen molar-refractivity contribution >= 4 is 15.7 Å². The molecule has 0 saturated heterocycles. The van der Waals surface area contributed by atoms with Crippen LogP contribution in [0.1, 0.15) is 5.56 Å². The number of halogens is 1. The average molecular weight is 361 g/mol. The lowest BCUT2D eigenvalue weighted by Crippen LogP contribution is -2.12. The zero-order chi connectivity index (χ0) is 17.9. The van der Waals surface area contributed by atoms with Crippen molar-refractivity contribution in [3.8, 4) is 5.75 Å². The topological polar surface area (TPSA) is 73.2 Å². The van der Waals surface area contributed by atoms with E-state index < -0.39 is 10.0 Å². The third kappa shape index (κ3) is 3.97. The van der Waals surface area contributed by atoms with Crippen LogP contribution < -0.4 is 9.46 Å². The van der Waals surface area contributed by atoms with Crippen molar-refractivity contribution in [2.45, 2.75) is 11.4 Å². The van der Waals surface area contributed by atoms with E-state index in [4.69, 9.17) is 4.74 Å². The first kappa shape index (κ1) is 17.0. The first-order valence-electron chi connectivity index (χ1n) is 7.41. The molecule has 130 valence electrons. The molecule has 6 nitrogen and oxygen atoms in total. The zero-order valence-electron chi connectivity index (χ0n) is 13.4. The van der Waals surface area contributed by atoms with Gasteiger partial charge in [-0.1, -0.05) is 18.2 Å². The first-order chi connectivity index (χ1) is 12.0. The SMILES string of the molecule is COc1ccc(S(=O)(=O)Nc2cnn(Cc3ccccc3F)c2)cc1. The molecule has 0 aliphatic heterocycles. The largest absolute Gasteiger partial charge is 0.497 e. The van der Waals surface area contributed by atoms with Crippen molar-refractivity contribution < 1.29 is 17.5 Å². The summed E-state index contributed by atoms with van der Waals surface area (Å²) in [6.07, 6.45) is 2.88. The highest BCUT2D eigenvalue weighted by Gasteiger charge is 2.15. The number of nitrogens with zero attached hydrogens (tertiary/aromatic N) is 2. The lowest BCUT2D eigenvalue weighted by molar-refractivity contribution is 0.414. The first-order valence-corrected chi connectivity index (χ1v) is 8.89. The van der Waals surface area contributed by atoms with Crippen LogP contribution in [0, 0.1) is 5.82 Å². The number of anilines is 1. The van der Waals surface area contributed by atoms with Crippen LogP contribution in [-0.4, -0.2) is 25.3 Å². The van der Waals surface area contributed by atoms with Gasteiger partial charge in [-0.2, -0.15) is 5.10 Å². The van der Waals surface area contributed by atoms with Gasteiger partial charge in [-0.3, -0.25) is 9.40 Å². The van der Waals surface area contributed by atoms with Crippen molar-refractivity contribution in [2.24, 2.45) is 0 Å². The fraction of sp³-hybridized carbons (Fsp3) is 0.118. The van der Waals surface area contributed by atoms with E-state index >= 15 is 0 Å². The lowest BCUT2D eigenvalue weighted by atomic mass is 10.2. The van der Waals surface area contributed by atoms with Gasteiger partial charge in [-0.05, 0) is 30.3 Å². The number of rotatable bonds is 6. The molecule has 1 N–H and O–H groups in total. The quantitative estimate of drug-likeness (QED) is 0.733. The Morgan fingerprint density at radius 2 is 1.88 bits per heavy atom. The predicted molar refractivity (Wildman–Crippen MR) is 91.5 cm³/mol. The molecule has 0 saturated carbocycles. The van der Waals surface area contributed by atoms with E-state index in [1.54, 1.807) is 30.3 Å². The Bertz CT molecular complexity index is 969. The molecule has 3 aromatic rings. The Morgan fingerprint density at radius 3 is 2.56 bits per heavy atom. The highest BCUT2D eigenvalue weighted by molar-refractivity contribution is 7.92. The minimum absolute atomic E-state index is 0.107. The maximum absolute atomic E-state index is 13.7. The number of hydrogen-bond acceptors (Lipinski definition) is 4. The minimum atomic E-state index is -3.74. The van der Waals surface area contributed by atoms with Crippen molar-refractivity contribution in [3.63, 3.8) is 0 Å². The molecule has 0 aliphatic carbocycles. The van der Waals surface area contributed by atoms with E-state index in [1.165, 1.54) is 42.4 Å². The summed E-state index contributed by atoms with van der Waals surface area (Å²) in [7, 11) is -2.23. The van der Waals surface area contributed by atoms with Crippen LogP contribution in [0.15, 0.2) is 65.8 Å². The molecule has 1 aromatic heterocycles. The molecule has 0 amide bonds. The number of methoxy groups -OCH3 is 1. The Hall–Kier alpha value is -2.87. The Kier molecular flexibility index (Phi) is 4.71. The van der Waals surface area contributed by atoms with E-state index in [1.807, 2.05) is 0 Å². The highest BCUT2D eigenvalue weighted by Crippen LogP contribution is 2.19. The zero-order valence-corrected chi connectivity index (χ0v) is 14.2. The highest BCUT2D eigenvalue weighted by atomic mass is 32.2. The monoisotopic (exact) mass is 361 g/mol. The molecule has 0 aliphatic rings. The standard InChI is InChI=1S/C17H16FN3O3S/c1-24-15-6-8-16(9-7-15)25(22,23)20-14-10-19-21(12-14)11-13-4-2-3-5-17(13)18/h2-10,12,20H,11H2,1H3. The third-order valence-electron chi connectivity index (χ3n) is 3.55. The van der Waals surface area contributed by atoms with Crippen LogP contribution >= 0.6 is 0 Å². The number of sulfonamides is 1. The van der Waals surface area contributed by atoms with Gasteiger partial charge in [0.25, 0.3) is 10.0 Å². The van der Waals surface area contributed by atoms with Gasteiger partial charge in [0.1, 0.15) is 11.6 Å². The van der Waals surface area contributed by atoms with Gasteiger partial charge in [0, 0.05) is 11.8 Å². The van der Waals surface area contributed by atoms with Crippen molar-refractivity contribution in [2.75, 3.05) is 11.8 Å². The van der Waals surface area contributed by atoms with Crippen LogP contribution in [0.25, 0.3) is 0 Å². The molecular formula is C17H16FN3O3S. The molecule has 3 rings (SSSR count). The molecule has 1 heterocycles. The molecule has 0 atom stereocenters. The second-order valence-electron chi connectivity index (χ2n) is 5.30. The van der Waals surface area contributed by atoms with Crippen molar-refractivity contribution in [1.82, 2.24) is 9.78 Å². The maximum Gasteiger partial charge on any atom is 0.261 e. The summed E-state index contributed by atoms with van der Waals surface area (Å²) >= 11 is 0. The molecule has 0 fully saturated rings. The second-order valence-corrected chi connectivity index (χ2v) is 6.98. The van der Waals surface area contributed by atoms with Gasteiger partial charge in [-0.15, -0.1) is 0 Å². The van der Waals surface area contributed by atoms with E-state index in [-0.39, 0.29) is 17.3 Å². The fourth-order valence-electron chi connectivity index (χ4n) is 2.27. The van der Waals surface area contributed by atoms with Crippen molar-refractivity contribution in [1.29, 1.82) is 0 Å². The van der Waals surface area contributed by atoms with E-state index in [0.29, 0.717) is 17.0 Å². The molecular weight excluding hydrogens is 345 g/mol. The van der Waals surface area contributed by atoms with Gasteiger partial charge in [-0.25, -0.2) is 12.8 Å². The summed E-state index contributed by atoms with van der Waals surface area (Å²) in [5, 5.41) is 4.06. The minimum Gasteiger partial charge on any atom is -0.497 e. The van der Waals surface area contributed by atoms with Crippen LogP contribution in [0.2, 0.25) is 0 Å². The maximum atomic E-state index is 13.7. The summed E-state index contributed by atoms with van der Waals surface area (Å²) in [5.41, 5.74) is 0.766.